The molecule has 1 aromatic carbocycles. The van der Waals surface area contributed by atoms with E-state index in [2.05, 4.69) is 6.58 Å². The zero-order chi connectivity index (χ0) is 14.5. The number of rotatable bonds is 7. The summed E-state index contributed by atoms with van der Waals surface area (Å²) in [6.45, 7) is 4.30. The lowest BCUT2D eigenvalue weighted by atomic mass is 10.3. The summed E-state index contributed by atoms with van der Waals surface area (Å²) in [6, 6.07) is 4.24. The van der Waals surface area contributed by atoms with E-state index in [0.29, 0.717) is 11.6 Å². The third kappa shape index (κ3) is 3.94. The van der Waals surface area contributed by atoms with E-state index in [9.17, 15) is 8.42 Å². The van der Waals surface area contributed by atoms with Gasteiger partial charge in [0.1, 0.15) is 0 Å². The average Bonchev–Trinajstić information content (AvgIpc) is 2.37. The summed E-state index contributed by atoms with van der Waals surface area (Å²) >= 11 is 5.79. The molecule has 0 aliphatic carbocycles. The van der Waals surface area contributed by atoms with Gasteiger partial charge in [0, 0.05) is 20.2 Å². The van der Waals surface area contributed by atoms with Crippen LogP contribution in [-0.4, -0.2) is 39.5 Å². The van der Waals surface area contributed by atoms with E-state index < -0.39 is 10.0 Å². The first kappa shape index (κ1) is 16.0. The van der Waals surface area contributed by atoms with Gasteiger partial charge in [0.2, 0.25) is 10.0 Å². The largest absolute Gasteiger partial charge is 0.397 e. The van der Waals surface area contributed by atoms with Crippen molar-refractivity contribution in [3.05, 3.63) is 35.9 Å². The average molecular weight is 305 g/mol. The minimum Gasteiger partial charge on any atom is -0.397 e. The van der Waals surface area contributed by atoms with Gasteiger partial charge in [-0.25, -0.2) is 8.42 Å². The van der Waals surface area contributed by atoms with Crippen molar-refractivity contribution in [2.45, 2.75) is 4.90 Å². The molecule has 0 amide bonds. The molecule has 2 N–H and O–H groups in total. The summed E-state index contributed by atoms with van der Waals surface area (Å²) in [7, 11) is -2.12. The lowest BCUT2D eigenvalue weighted by Gasteiger charge is -2.20. The van der Waals surface area contributed by atoms with Gasteiger partial charge in [-0.1, -0.05) is 17.7 Å². The molecule has 0 atom stereocenters. The van der Waals surface area contributed by atoms with Crippen LogP contribution >= 0.6 is 11.6 Å². The lowest BCUT2D eigenvalue weighted by Crippen LogP contribution is -2.34. The van der Waals surface area contributed by atoms with Gasteiger partial charge >= 0.3 is 0 Å². The molecule has 0 aromatic heterocycles. The van der Waals surface area contributed by atoms with E-state index in [0.717, 1.165) is 0 Å². The van der Waals surface area contributed by atoms with Gasteiger partial charge in [-0.3, -0.25) is 0 Å². The Morgan fingerprint density at radius 2 is 2.21 bits per heavy atom. The SMILES string of the molecule is C=CCN(CCOC)S(=O)(=O)c1ccc(Cl)c(N)c1. The molecule has 5 nitrogen and oxygen atoms in total. The molecule has 106 valence electrons. The minimum absolute atomic E-state index is 0.104. The Kier molecular flexibility index (Phi) is 5.81. The number of nitrogens with zero attached hydrogens (tertiary/aromatic N) is 1. The van der Waals surface area contributed by atoms with Crippen LogP contribution in [-0.2, 0) is 14.8 Å². The molecule has 19 heavy (non-hydrogen) atoms. The molecule has 0 bridgehead atoms. The number of sulfonamides is 1. The highest BCUT2D eigenvalue weighted by molar-refractivity contribution is 7.89. The highest BCUT2D eigenvalue weighted by Gasteiger charge is 2.23. The summed E-state index contributed by atoms with van der Waals surface area (Å²) in [5, 5.41) is 0.325. The van der Waals surface area contributed by atoms with Crippen LogP contribution < -0.4 is 5.73 Å². The van der Waals surface area contributed by atoms with E-state index in [1.807, 2.05) is 0 Å². The van der Waals surface area contributed by atoms with Gasteiger partial charge in [-0.15, -0.1) is 6.58 Å². The van der Waals surface area contributed by atoms with Crippen LogP contribution in [0.15, 0.2) is 35.7 Å². The van der Waals surface area contributed by atoms with Crippen LogP contribution in [0.4, 0.5) is 5.69 Å². The lowest BCUT2D eigenvalue weighted by molar-refractivity contribution is 0.182. The van der Waals surface area contributed by atoms with Gasteiger partial charge in [0.05, 0.1) is 22.2 Å². The summed E-state index contributed by atoms with van der Waals surface area (Å²) in [5.41, 5.74) is 5.86. The molecule has 7 heteroatoms. The van der Waals surface area contributed by atoms with E-state index in [-0.39, 0.29) is 23.7 Å². The minimum atomic E-state index is -3.63. The highest BCUT2D eigenvalue weighted by Crippen LogP contribution is 2.24. The van der Waals surface area contributed by atoms with Crippen molar-refractivity contribution in [3.63, 3.8) is 0 Å². The van der Waals surface area contributed by atoms with Crippen LogP contribution in [0.2, 0.25) is 5.02 Å². The highest BCUT2D eigenvalue weighted by atomic mass is 35.5. The topological polar surface area (TPSA) is 72.6 Å². The number of benzene rings is 1. The van der Waals surface area contributed by atoms with Gasteiger partial charge < -0.3 is 10.5 Å². The number of halogens is 1. The molecule has 0 heterocycles. The van der Waals surface area contributed by atoms with Crippen molar-refractivity contribution in [1.82, 2.24) is 4.31 Å². The first-order valence-corrected chi connectivity index (χ1v) is 7.40. The Morgan fingerprint density at radius 1 is 1.53 bits per heavy atom. The maximum atomic E-state index is 12.4. The zero-order valence-electron chi connectivity index (χ0n) is 10.7. The van der Waals surface area contributed by atoms with Crippen molar-refractivity contribution < 1.29 is 13.2 Å². The Morgan fingerprint density at radius 3 is 2.74 bits per heavy atom. The molecule has 0 radical (unpaired) electrons. The maximum Gasteiger partial charge on any atom is 0.243 e. The number of ether oxygens (including phenoxy) is 1. The number of hydrogen-bond acceptors (Lipinski definition) is 4. The molecular formula is C12H17ClN2O3S. The third-order valence-electron chi connectivity index (χ3n) is 2.48. The van der Waals surface area contributed by atoms with Gasteiger partial charge in [0.15, 0.2) is 0 Å². The van der Waals surface area contributed by atoms with E-state index in [4.69, 9.17) is 22.1 Å². The summed E-state index contributed by atoms with van der Waals surface area (Å²) < 4.78 is 31.0. The number of anilines is 1. The predicted octanol–water partition coefficient (Wildman–Crippen LogP) is 1.75. The molecule has 0 aliphatic heterocycles. The second kappa shape index (κ2) is 6.91. The quantitative estimate of drug-likeness (QED) is 0.615. The molecule has 0 fully saturated rings. The third-order valence-corrected chi connectivity index (χ3v) is 4.69. The van der Waals surface area contributed by atoms with Crippen molar-refractivity contribution in [2.24, 2.45) is 0 Å². The van der Waals surface area contributed by atoms with Crippen LogP contribution in [0.3, 0.4) is 0 Å². The van der Waals surface area contributed by atoms with E-state index >= 15 is 0 Å². The summed E-state index contributed by atoms with van der Waals surface area (Å²) in [6.07, 6.45) is 1.52. The Hall–Kier alpha value is -1.08. The fourth-order valence-electron chi connectivity index (χ4n) is 1.48. The first-order valence-electron chi connectivity index (χ1n) is 5.58. The first-order chi connectivity index (χ1) is 8.93. The molecule has 0 spiro atoms. The molecule has 1 rings (SSSR count). The second-order valence-corrected chi connectivity index (χ2v) is 6.17. The van der Waals surface area contributed by atoms with E-state index in [1.165, 1.54) is 35.7 Å². The number of hydrogen-bond donors (Lipinski definition) is 1. The second-order valence-electron chi connectivity index (χ2n) is 3.83. The number of nitrogens with two attached hydrogens (primary N) is 1. The van der Waals surface area contributed by atoms with Crippen molar-refractivity contribution in [1.29, 1.82) is 0 Å². The monoisotopic (exact) mass is 304 g/mol. The van der Waals surface area contributed by atoms with Gasteiger partial charge in [0.25, 0.3) is 0 Å². The van der Waals surface area contributed by atoms with Crippen molar-refractivity contribution in [3.8, 4) is 0 Å². The van der Waals surface area contributed by atoms with Crippen molar-refractivity contribution in [2.75, 3.05) is 32.5 Å². The van der Waals surface area contributed by atoms with Crippen LogP contribution in [0.25, 0.3) is 0 Å². The molecular weight excluding hydrogens is 288 g/mol. The standard InChI is InChI=1S/C12H17ClN2O3S/c1-3-6-15(7-8-18-2)19(16,17)10-4-5-11(13)12(14)9-10/h3-5,9H,1,6-8,14H2,2H3. The smallest absolute Gasteiger partial charge is 0.243 e. The molecule has 0 unspecified atom stereocenters. The molecule has 0 aliphatic rings. The van der Waals surface area contributed by atoms with Crippen LogP contribution in [0.1, 0.15) is 0 Å². The Labute approximate surface area is 118 Å². The predicted molar refractivity (Wildman–Crippen MR) is 76.7 cm³/mol. The maximum absolute atomic E-state index is 12.4. The fourth-order valence-corrected chi connectivity index (χ4v) is 3.03. The van der Waals surface area contributed by atoms with Gasteiger partial charge in [-0.2, -0.15) is 4.31 Å². The number of nitrogen functional groups attached to an aromatic ring is 1. The normalized spacial score (nSPS) is 11.7. The van der Waals surface area contributed by atoms with Gasteiger partial charge in [-0.05, 0) is 18.2 Å². The Balaban J connectivity index is 3.10. The molecule has 0 saturated heterocycles. The summed E-state index contributed by atoms with van der Waals surface area (Å²) in [5.74, 6) is 0. The number of methoxy groups -OCH3 is 1. The van der Waals surface area contributed by atoms with Crippen LogP contribution in [0.5, 0.6) is 0 Å². The summed E-state index contributed by atoms with van der Waals surface area (Å²) in [4.78, 5) is 0.104. The molecule has 0 saturated carbocycles. The fraction of sp³-hybridized carbons (Fsp3) is 0.333. The van der Waals surface area contributed by atoms with Crippen molar-refractivity contribution >= 4 is 27.3 Å². The van der Waals surface area contributed by atoms with E-state index in [1.54, 1.807) is 0 Å². The van der Waals surface area contributed by atoms with Crippen LogP contribution in [0, 0.1) is 0 Å². The Bertz CT molecular complexity index is 546. The zero-order valence-corrected chi connectivity index (χ0v) is 12.2. The molecule has 1 aromatic rings.